The highest BCUT2D eigenvalue weighted by atomic mass is 19.1. The lowest BCUT2D eigenvalue weighted by Crippen LogP contribution is -2.31. The Balaban J connectivity index is 2.24. The summed E-state index contributed by atoms with van der Waals surface area (Å²) in [5, 5.41) is 3.10. The SMILES string of the molecule is Nc1cc(F)ccc1C(=O)C1CCCN1. The first-order valence-electron chi connectivity index (χ1n) is 5.01. The molecule has 0 aromatic heterocycles. The number of Topliss-reactive ketones (excluding diaryl/α,β-unsaturated/α-hetero) is 1. The van der Waals surface area contributed by atoms with E-state index in [9.17, 15) is 9.18 Å². The molecule has 0 radical (unpaired) electrons. The number of anilines is 1. The number of carbonyl (C=O) groups is 1. The van der Waals surface area contributed by atoms with E-state index in [4.69, 9.17) is 5.73 Å². The van der Waals surface area contributed by atoms with E-state index in [1.807, 2.05) is 0 Å². The molecule has 1 unspecified atom stereocenters. The third-order valence-electron chi connectivity index (χ3n) is 2.66. The van der Waals surface area contributed by atoms with Gasteiger partial charge in [0, 0.05) is 11.3 Å². The molecule has 15 heavy (non-hydrogen) atoms. The normalized spacial score (nSPS) is 20.5. The molecule has 1 aromatic carbocycles. The fourth-order valence-corrected chi connectivity index (χ4v) is 1.85. The van der Waals surface area contributed by atoms with Crippen molar-refractivity contribution < 1.29 is 9.18 Å². The number of nitrogen functional groups attached to an aromatic ring is 1. The van der Waals surface area contributed by atoms with Crippen molar-refractivity contribution >= 4 is 11.5 Å². The van der Waals surface area contributed by atoms with E-state index >= 15 is 0 Å². The van der Waals surface area contributed by atoms with Crippen LogP contribution < -0.4 is 11.1 Å². The largest absolute Gasteiger partial charge is 0.398 e. The van der Waals surface area contributed by atoms with Crippen LogP contribution in [0.5, 0.6) is 0 Å². The summed E-state index contributed by atoms with van der Waals surface area (Å²) in [6.07, 6.45) is 1.83. The van der Waals surface area contributed by atoms with Crippen molar-refractivity contribution in [2.75, 3.05) is 12.3 Å². The summed E-state index contributed by atoms with van der Waals surface area (Å²) in [5.41, 5.74) is 6.23. The first-order chi connectivity index (χ1) is 7.18. The molecule has 1 saturated heterocycles. The second-order valence-electron chi connectivity index (χ2n) is 3.74. The summed E-state index contributed by atoms with van der Waals surface area (Å²) in [5.74, 6) is -0.451. The van der Waals surface area contributed by atoms with Gasteiger partial charge in [-0.1, -0.05) is 0 Å². The van der Waals surface area contributed by atoms with Crippen molar-refractivity contribution in [1.29, 1.82) is 0 Å². The molecule has 1 aromatic rings. The smallest absolute Gasteiger partial charge is 0.181 e. The van der Waals surface area contributed by atoms with Gasteiger partial charge in [-0.25, -0.2) is 4.39 Å². The third kappa shape index (κ3) is 1.99. The molecule has 0 saturated carbocycles. The molecule has 1 atom stereocenters. The molecule has 2 rings (SSSR count). The van der Waals surface area contributed by atoms with Crippen LogP contribution in [0.3, 0.4) is 0 Å². The van der Waals surface area contributed by atoms with Gasteiger partial charge in [0.05, 0.1) is 6.04 Å². The number of nitrogens with one attached hydrogen (secondary N) is 1. The molecule has 1 fully saturated rings. The van der Waals surface area contributed by atoms with Crippen LogP contribution in [-0.2, 0) is 0 Å². The van der Waals surface area contributed by atoms with Crippen molar-refractivity contribution in [3.63, 3.8) is 0 Å². The Labute approximate surface area is 87.5 Å². The van der Waals surface area contributed by atoms with Gasteiger partial charge in [-0.05, 0) is 37.6 Å². The molecule has 1 aliphatic heterocycles. The van der Waals surface area contributed by atoms with Crippen molar-refractivity contribution in [2.45, 2.75) is 18.9 Å². The maximum Gasteiger partial charge on any atom is 0.181 e. The average molecular weight is 208 g/mol. The number of benzene rings is 1. The second kappa shape index (κ2) is 3.98. The quantitative estimate of drug-likeness (QED) is 0.569. The van der Waals surface area contributed by atoms with Gasteiger partial charge in [0.2, 0.25) is 0 Å². The lowest BCUT2D eigenvalue weighted by molar-refractivity contribution is 0.0953. The van der Waals surface area contributed by atoms with E-state index in [0.29, 0.717) is 5.56 Å². The number of ketones is 1. The minimum absolute atomic E-state index is 0.0370. The van der Waals surface area contributed by atoms with Crippen LogP contribution in [0.1, 0.15) is 23.2 Å². The van der Waals surface area contributed by atoms with Crippen LogP contribution in [0, 0.1) is 5.82 Å². The summed E-state index contributed by atoms with van der Waals surface area (Å²) in [6, 6.07) is 3.74. The number of hydrogen-bond acceptors (Lipinski definition) is 3. The molecule has 0 aliphatic carbocycles. The topological polar surface area (TPSA) is 55.1 Å². The van der Waals surface area contributed by atoms with Crippen LogP contribution in [0.4, 0.5) is 10.1 Å². The zero-order valence-corrected chi connectivity index (χ0v) is 8.29. The van der Waals surface area contributed by atoms with Gasteiger partial charge in [-0.15, -0.1) is 0 Å². The summed E-state index contributed by atoms with van der Waals surface area (Å²) < 4.78 is 12.8. The standard InChI is InChI=1S/C11H13FN2O/c12-7-3-4-8(9(13)6-7)11(15)10-2-1-5-14-10/h3-4,6,10,14H,1-2,5,13H2. The minimum Gasteiger partial charge on any atom is -0.398 e. The van der Waals surface area contributed by atoms with E-state index in [1.165, 1.54) is 18.2 Å². The Morgan fingerprint density at radius 3 is 2.93 bits per heavy atom. The van der Waals surface area contributed by atoms with Crippen molar-refractivity contribution in [3.8, 4) is 0 Å². The van der Waals surface area contributed by atoms with Gasteiger partial charge in [0.15, 0.2) is 5.78 Å². The Bertz CT molecular complexity index is 386. The molecule has 0 bridgehead atoms. The van der Waals surface area contributed by atoms with Gasteiger partial charge in [-0.2, -0.15) is 0 Å². The predicted molar refractivity (Wildman–Crippen MR) is 56.2 cm³/mol. The van der Waals surface area contributed by atoms with Crippen molar-refractivity contribution in [1.82, 2.24) is 5.32 Å². The van der Waals surface area contributed by atoms with Crippen molar-refractivity contribution in [3.05, 3.63) is 29.6 Å². The third-order valence-corrected chi connectivity index (χ3v) is 2.66. The number of nitrogens with two attached hydrogens (primary N) is 1. The molecule has 0 amide bonds. The van der Waals surface area contributed by atoms with Crippen molar-refractivity contribution in [2.24, 2.45) is 0 Å². The fourth-order valence-electron chi connectivity index (χ4n) is 1.85. The number of hydrogen-bond donors (Lipinski definition) is 2. The van der Waals surface area contributed by atoms with E-state index in [2.05, 4.69) is 5.32 Å². The molecule has 80 valence electrons. The van der Waals surface area contributed by atoms with Crippen LogP contribution in [0.25, 0.3) is 0 Å². The highest BCUT2D eigenvalue weighted by Gasteiger charge is 2.24. The molecule has 0 spiro atoms. The maximum absolute atomic E-state index is 12.8. The summed E-state index contributed by atoms with van der Waals surface area (Å²) in [6.45, 7) is 0.859. The zero-order chi connectivity index (χ0) is 10.8. The van der Waals surface area contributed by atoms with Crippen LogP contribution in [-0.4, -0.2) is 18.4 Å². The minimum atomic E-state index is -0.413. The Morgan fingerprint density at radius 1 is 1.53 bits per heavy atom. The molecule has 3 N–H and O–H groups in total. The zero-order valence-electron chi connectivity index (χ0n) is 8.29. The highest BCUT2D eigenvalue weighted by Crippen LogP contribution is 2.18. The van der Waals surface area contributed by atoms with E-state index in [-0.39, 0.29) is 17.5 Å². The summed E-state index contributed by atoms with van der Waals surface area (Å²) >= 11 is 0. The fraction of sp³-hybridized carbons (Fsp3) is 0.364. The first-order valence-corrected chi connectivity index (χ1v) is 5.01. The number of rotatable bonds is 2. The molecule has 1 heterocycles. The Hall–Kier alpha value is -1.42. The monoisotopic (exact) mass is 208 g/mol. The highest BCUT2D eigenvalue weighted by molar-refractivity contribution is 6.04. The number of carbonyl (C=O) groups excluding carboxylic acids is 1. The Morgan fingerprint density at radius 2 is 2.33 bits per heavy atom. The first kappa shape index (κ1) is 10.1. The Kier molecular flexibility index (Phi) is 2.68. The van der Waals surface area contributed by atoms with Gasteiger partial charge in [0.1, 0.15) is 5.82 Å². The molecule has 4 heteroatoms. The van der Waals surface area contributed by atoms with Gasteiger partial charge in [-0.3, -0.25) is 4.79 Å². The number of halogens is 1. The summed E-state index contributed by atoms with van der Waals surface area (Å²) in [7, 11) is 0. The van der Waals surface area contributed by atoms with Gasteiger partial charge >= 0.3 is 0 Å². The van der Waals surface area contributed by atoms with Crippen LogP contribution in [0.15, 0.2) is 18.2 Å². The maximum atomic E-state index is 12.8. The van der Waals surface area contributed by atoms with Crippen LogP contribution in [0.2, 0.25) is 0 Å². The molecule has 3 nitrogen and oxygen atoms in total. The van der Waals surface area contributed by atoms with E-state index < -0.39 is 5.82 Å². The van der Waals surface area contributed by atoms with Crippen LogP contribution >= 0.6 is 0 Å². The van der Waals surface area contributed by atoms with E-state index in [1.54, 1.807) is 0 Å². The average Bonchev–Trinajstić information content (AvgIpc) is 2.69. The van der Waals surface area contributed by atoms with E-state index in [0.717, 1.165) is 19.4 Å². The lowest BCUT2D eigenvalue weighted by atomic mass is 10.0. The van der Waals surface area contributed by atoms with Gasteiger partial charge in [0.25, 0.3) is 0 Å². The predicted octanol–water partition coefficient (Wildman–Crippen LogP) is 1.34. The lowest BCUT2D eigenvalue weighted by Gasteiger charge is -2.10. The van der Waals surface area contributed by atoms with Gasteiger partial charge < -0.3 is 11.1 Å². The molecular weight excluding hydrogens is 195 g/mol. The molecular formula is C11H13FN2O. The second-order valence-corrected chi connectivity index (χ2v) is 3.74. The molecule has 1 aliphatic rings. The summed E-state index contributed by atoms with van der Waals surface area (Å²) in [4.78, 5) is 11.9.